The maximum Gasteiger partial charge on any atom is 0.205 e. The Morgan fingerprint density at radius 2 is 1.94 bits per heavy atom. The molecule has 0 atom stereocenters. The van der Waals surface area contributed by atoms with Crippen LogP contribution < -0.4 is 9.47 Å². The molecule has 0 amide bonds. The van der Waals surface area contributed by atoms with Gasteiger partial charge in [-0.1, -0.05) is 6.07 Å². The SMILES string of the molecule is CCOC(=N)C=Cc1ccc(OC)c(OC)c1. The lowest BCUT2D eigenvalue weighted by atomic mass is 10.2. The third kappa shape index (κ3) is 3.83. The smallest absolute Gasteiger partial charge is 0.205 e. The van der Waals surface area contributed by atoms with Crippen LogP contribution in [0.1, 0.15) is 12.5 Å². The van der Waals surface area contributed by atoms with Gasteiger partial charge in [0.05, 0.1) is 20.8 Å². The lowest BCUT2D eigenvalue weighted by Gasteiger charge is -2.07. The molecule has 17 heavy (non-hydrogen) atoms. The molecule has 0 aromatic heterocycles. The maximum atomic E-state index is 7.45. The number of hydrogen-bond acceptors (Lipinski definition) is 4. The lowest BCUT2D eigenvalue weighted by Crippen LogP contribution is -1.97. The Morgan fingerprint density at radius 1 is 1.24 bits per heavy atom. The maximum absolute atomic E-state index is 7.45. The largest absolute Gasteiger partial charge is 0.493 e. The number of hydrogen-bond donors (Lipinski definition) is 1. The van der Waals surface area contributed by atoms with Crippen LogP contribution in [0, 0.1) is 5.41 Å². The van der Waals surface area contributed by atoms with Crippen molar-refractivity contribution in [2.75, 3.05) is 20.8 Å². The molecule has 4 heteroatoms. The monoisotopic (exact) mass is 235 g/mol. The average molecular weight is 235 g/mol. The molecule has 4 nitrogen and oxygen atoms in total. The minimum atomic E-state index is 0.141. The molecule has 1 rings (SSSR count). The van der Waals surface area contributed by atoms with E-state index in [1.807, 2.05) is 25.1 Å². The van der Waals surface area contributed by atoms with E-state index in [0.717, 1.165) is 5.56 Å². The minimum absolute atomic E-state index is 0.141. The van der Waals surface area contributed by atoms with Gasteiger partial charge in [-0.25, -0.2) is 0 Å². The van der Waals surface area contributed by atoms with E-state index in [1.54, 1.807) is 26.4 Å². The zero-order chi connectivity index (χ0) is 12.7. The molecule has 0 heterocycles. The van der Waals surface area contributed by atoms with Crippen molar-refractivity contribution in [2.45, 2.75) is 6.92 Å². The van der Waals surface area contributed by atoms with Crippen LogP contribution in [0.4, 0.5) is 0 Å². The highest BCUT2D eigenvalue weighted by molar-refractivity contribution is 5.89. The molecule has 1 aromatic carbocycles. The molecule has 0 bridgehead atoms. The third-order valence-electron chi connectivity index (χ3n) is 2.13. The predicted molar refractivity (Wildman–Crippen MR) is 67.9 cm³/mol. The Kier molecular flexibility index (Phi) is 5.07. The number of nitrogens with one attached hydrogen (secondary N) is 1. The van der Waals surface area contributed by atoms with Gasteiger partial charge in [0.2, 0.25) is 5.90 Å². The first-order valence-corrected chi connectivity index (χ1v) is 5.32. The highest BCUT2D eigenvalue weighted by Crippen LogP contribution is 2.27. The average Bonchev–Trinajstić information content (AvgIpc) is 2.36. The quantitative estimate of drug-likeness (QED) is 0.630. The molecule has 0 aliphatic heterocycles. The summed E-state index contributed by atoms with van der Waals surface area (Å²) in [7, 11) is 3.19. The fraction of sp³-hybridized carbons (Fsp3) is 0.308. The summed E-state index contributed by atoms with van der Waals surface area (Å²) in [5.41, 5.74) is 0.923. The summed E-state index contributed by atoms with van der Waals surface area (Å²) in [6, 6.07) is 5.55. The van der Waals surface area contributed by atoms with Crippen LogP contribution in [0.15, 0.2) is 24.3 Å². The van der Waals surface area contributed by atoms with Crippen molar-refractivity contribution in [1.82, 2.24) is 0 Å². The fourth-order valence-corrected chi connectivity index (χ4v) is 1.33. The number of rotatable bonds is 5. The van der Waals surface area contributed by atoms with E-state index in [2.05, 4.69) is 0 Å². The Balaban J connectivity index is 2.82. The number of methoxy groups -OCH3 is 2. The van der Waals surface area contributed by atoms with Gasteiger partial charge in [-0.2, -0.15) is 0 Å². The highest BCUT2D eigenvalue weighted by atomic mass is 16.5. The molecule has 92 valence electrons. The van der Waals surface area contributed by atoms with Crippen molar-refractivity contribution in [3.05, 3.63) is 29.8 Å². The summed E-state index contributed by atoms with van der Waals surface area (Å²) in [6.07, 6.45) is 3.39. The summed E-state index contributed by atoms with van der Waals surface area (Å²) < 4.78 is 15.3. The third-order valence-corrected chi connectivity index (χ3v) is 2.13. The van der Waals surface area contributed by atoms with Crippen LogP contribution in [-0.2, 0) is 4.74 Å². The van der Waals surface area contributed by atoms with Crippen molar-refractivity contribution in [3.63, 3.8) is 0 Å². The van der Waals surface area contributed by atoms with Gasteiger partial charge in [0, 0.05) is 6.08 Å². The standard InChI is InChI=1S/C13H17NO3/c1-4-17-13(14)8-6-10-5-7-11(15-2)12(9-10)16-3/h5-9,14H,4H2,1-3H3. The van der Waals surface area contributed by atoms with E-state index >= 15 is 0 Å². The molecule has 1 N–H and O–H groups in total. The molecule has 0 unspecified atom stereocenters. The predicted octanol–water partition coefficient (Wildman–Crippen LogP) is 2.73. The molecule has 0 radical (unpaired) electrons. The first-order valence-electron chi connectivity index (χ1n) is 5.32. The summed E-state index contributed by atoms with van der Waals surface area (Å²) in [5.74, 6) is 1.49. The molecular weight excluding hydrogens is 218 g/mol. The first kappa shape index (κ1) is 13.1. The van der Waals surface area contributed by atoms with Crippen LogP contribution in [0.3, 0.4) is 0 Å². The Hall–Kier alpha value is -1.97. The van der Waals surface area contributed by atoms with Crippen LogP contribution in [0.2, 0.25) is 0 Å². The van der Waals surface area contributed by atoms with E-state index in [-0.39, 0.29) is 5.90 Å². The summed E-state index contributed by atoms with van der Waals surface area (Å²) >= 11 is 0. The molecule has 0 spiro atoms. The molecular formula is C13H17NO3. The van der Waals surface area contributed by atoms with Gasteiger partial charge >= 0.3 is 0 Å². The van der Waals surface area contributed by atoms with Gasteiger partial charge in [0.25, 0.3) is 0 Å². The Morgan fingerprint density at radius 3 is 2.53 bits per heavy atom. The summed E-state index contributed by atoms with van der Waals surface area (Å²) in [6.45, 7) is 2.34. The van der Waals surface area contributed by atoms with Crippen molar-refractivity contribution in [3.8, 4) is 11.5 Å². The topological polar surface area (TPSA) is 51.5 Å². The molecule has 0 fully saturated rings. The van der Waals surface area contributed by atoms with Crippen LogP contribution in [0.25, 0.3) is 6.08 Å². The lowest BCUT2D eigenvalue weighted by molar-refractivity contribution is 0.327. The highest BCUT2D eigenvalue weighted by Gasteiger charge is 2.02. The summed E-state index contributed by atoms with van der Waals surface area (Å²) in [5, 5.41) is 7.45. The molecule has 0 aliphatic rings. The van der Waals surface area contributed by atoms with Crippen LogP contribution >= 0.6 is 0 Å². The number of ether oxygens (including phenoxy) is 3. The van der Waals surface area contributed by atoms with Crippen molar-refractivity contribution < 1.29 is 14.2 Å². The number of benzene rings is 1. The minimum Gasteiger partial charge on any atom is -0.493 e. The van der Waals surface area contributed by atoms with Gasteiger partial charge in [-0.05, 0) is 30.7 Å². The van der Waals surface area contributed by atoms with Crippen LogP contribution in [0.5, 0.6) is 11.5 Å². The molecule has 0 saturated carbocycles. The van der Waals surface area contributed by atoms with E-state index in [0.29, 0.717) is 18.1 Å². The van der Waals surface area contributed by atoms with Gasteiger partial charge in [0.15, 0.2) is 11.5 Å². The summed E-state index contributed by atoms with van der Waals surface area (Å²) in [4.78, 5) is 0. The fourth-order valence-electron chi connectivity index (χ4n) is 1.33. The van der Waals surface area contributed by atoms with E-state index in [9.17, 15) is 0 Å². The van der Waals surface area contributed by atoms with E-state index in [4.69, 9.17) is 19.6 Å². The van der Waals surface area contributed by atoms with Crippen molar-refractivity contribution >= 4 is 12.0 Å². The molecule has 1 aromatic rings. The molecule has 0 aliphatic carbocycles. The zero-order valence-corrected chi connectivity index (χ0v) is 10.3. The Labute approximate surface area is 101 Å². The van der Waals surface area contributed by atoms with Crippen molar-refractivity contribution in [2.24, 2.45) is 0 Å². The van der Waals surface area contributed by atoms with Crippen LogP contribution in [-0.4, -0.2) is 26.7 Å². The second kappa shape index (κ2) is 6.58. The van der Waals surface area contributed by atoms with Gasteiger partial charge in [-0.3, -0.25) is 5.41 Å². The van der Waals surface area contributed by atoms with Gasteiger partial charge < -0.3 is 14.2 Å². The van der Waals surface area contributed by atoms with Gasteiger partial charge in [0.1, 0.15) is 0 Å². The second-order valence-electron chi connectivity index (χ2n) is 3.25. The van der Waals surface area contributed by atoms with E-state index < -0.39 is 0 Å². The first-order chi connectivity index (χ1) is 8.21. The second-order valence-corrected chi connectivity index (χ2v) is 3.25. The zero-order valence-electron chi connectivity index (χ0n) is 10.3. The van der Waals surface area contributed by atoms with Gasteiger partial charge in [-0.15, -0.1) is 0 Å². The molecule has 0 saturated heterocycles. The van der Waals surface area contributed by atoms with Crippen molar-refractivity contribution in [1.29, 1.82) is 5.41 Å². The Bertz CT molecular complexity index is 413. The normalized spacial score (nSPS) is 10.3. The van der Waals surface area contributed by atoms with E-state index in [1.165, 1.54) is 0 Å².